The molecule has 4 heterocycles. The Hall–Kier alpha value is -3.33. The van der Waals surface area contributed by atoms with Gasteiger partial charge in [-0.25, -0.2) is 0 Å². The van der Waals surface area contributed by atoms with Gasteiger partial charge < -0.3 is 24.6 Å². The van der Waals surface area contributed by atoms with E-state index in [0.717, 1.165) is 72.7 Å². The van der Waals surface area contributed by atoms with Crippen LogP contribution in [0.1, 0.15) is 31.7 Å². The Labute approximate surface area is 206 Å². The summed E-state index contributed by atoms with van der Waals surface area (Å²) in [6.45, 7) is 4.91. The van der Waals surface area contributed by atoms with Crippen LogP contribution in [0.5, 0.6) is 5.75 Å². The number of rotatable bonds is 5. The van der Waals surface area contributed by atoms with Crippen molar-refractivity contribution in [1.29, 1.82) is 5.41 Å². The molecule has 9 heteroatoms. The first-order valence-electron chi connectivity index (χ1n) is 12.3. The summed E-state index contributed by atoms with van der Waals surface area (Å²) < 4.78 is 13.1. The molecule has 1 atom stereocenters. The molecule has 5 rings (SSSR count). The minimum absolute atomic E-state index is 0.0420. The van der Waals surface area contributed by atoms with Crippen LogP contribution in [0.3, 0.4) is 0 Å². The fourth-order valence-corrected chi connectivity index (χ4v) is 5.27. The lowest BCUT2D eigenvalue weighted by Crippen LogP contribution is -2.46. The van der Waals surface area contributed by atoms with Gasteiger partial charge in [-0.2, -0.15) is 5.10 Å². The average Bonchev–Trinajstić information content (AvgIpc) is 3.54. The molecule has 9 nitrogen and oxygen atoms in total. The van der Waals surface area contributed by atoms with Gasteiger partial charge in [-0.1, -0.05) is 0 Å². The van der Waals surface area contributed by atoms with Crippen molar-refractivity contribution >= 4 is 17.4 Å². The van der Waals surface area contributed by atoms with Crippen molar-refractivity contribution in [3.8, 4) is 16.9 Å². The Morgan fingerprint density at radius 2 is 2.14 bits per heavy atom. The number of anilines is 1. The number of aromatic nitrogens is 2. The maximum absolute atomic E-state index is 12.2. The molecule has 2 N–H and O–H groups in total. The molecular formula is C26H34N6O3. The van der Waals surface area contributed by atoms with Crippen LogP contribution in [0.2, 0.25) is 0 Å². The number of carbonyl (C=O) groups is 1. The second kappa shape index (κ2) is 9.73. The minimum atomic E-state index is 0.0420. The Balaban J connectivity index is 1.51. The molecule has 1 unspecified atom stereocenters. The van der Waals surface area contributed by atoms with Gasteiger partial charge in [-0.3, -0.25) is 14.9 Å². The zero-order chi connectivity index (χ0) is 24.5. The predicted molar refractivity (Wildman–Crippen MR) is 135 cm³/mol. The number of benzene rings is 1. The van der Waals surface area contributed by atoms with E-state index in [0.29, 0.717) is 25.5 Å². The smallest absolute Gasteiger partial charge is 0.219 e. The fraction of sp³-hybridized carbons (Fsp3) is 0.500. The molecule has 0 spiro atoms. The third kappa shape index (κ3) is 4.65. The Kier molecular flexibility index (Phi) is 6.51. The van der Waals surface area contributed by atoms with Crippen LogP contribution >= 0.6 is 0 Å². The molecule has 0 radical (unpaired) electrons. The van der Waals surface area contributed by atoms with E-state index in [1.165, 1.54) is 5.56 Å². The van der Waals surface area contributed by atoms with Gasteiger partial charge in [0.1, 0.15) is 11.6 Å². The van der Waals surface area contributed by atoms with Crippen LogP contribution in [-0.4, -0.2) is 72.4 Å². The number of nitrogens with zero attached hydrogens (tertiary/aromatic N) is 4. The van der Waals surface area contributed by atoms with Crippen molar-refractivity contribution in [3.63, 3.8) is 0 Å². The number of methoxy groups -OCH3 is 1. The number of amides is 1. The van der Waals surface area contributed by atoms with Crippen molar-refractivity contribution < 1.29 is 14.3 Å². The number of amidine groups is 1. The molecule has 0 aliphatic carbocycles. The molecule has 1 amide bonds. The number of fused-ring (bicyclic) bond motifs is 1. The number of nitrogens with one attached hydrogen (secondary N) is 2. The highest BCUT2D eigenvalue weighted by molar-refractivity contribution is 6.09. The van der Waals surface area contributed by atoms with E-state index in [4.69, 9.17) is 9.47 Å². The SMILES string of the molecule is COc1cc2c(cc1-c1cnn(C)c1)CCCN2C(=N)C1=C(NC2CCOC2)CCN(C(C)=O)C1. The number of ether oxygens (including phenoxy) is 2. The van der Waals surface area contributed by atoms with E-state index in [1.54, 1.807) is 18.7 Å². The van der Waals surface area contributed by atoms with Crippen LogP contribution in [-0.2, 0) is 23.0 Å². The molecule has 0 bridgehead atoms. The normalized spacial score (nSPS) is 20.1. The molecule has 1 aromatic heterocycles. The summed E-state index contributed by atoms with van der Waals surface area (Å²) in [6.07, 6.45) is 7.41. The highest BCUT2D eigenvalue weighted by Gasteiger charge is 2.31. The molecule has 2 aromatic rings. The van der Waals surface area contributed by atoms with Gasteiger partial charge in [0.2, 0.25) is 5.91 Å². The lowest BCUT2D eigenvalue weighted by Gasteiger charge is -2.37. The molecule has 35 heavy (non-hydrogen) atoms. The summed E-state index contributed by atoms with van der Waals surface area (Å²) in [5.41, 5.74) is 6.17. The Bertz CT molecular complexity index is 1160. The van der Waals surface area contributed by atoms with E-state index in [2.05, 4.69) is 27.4 Å². The zero-order valence-electron chi connectivity index (χ0n) is 20.8. The summed E-state index contributed by atoms with van der Waals surface area (Å²) in [5, 5.41) is 17.3. The van der Waals surface area contributed by atoms with E-state index in [1.807, 2.05) is 24.3 Å². The van der Waals surface area contributed by atoms with Crippen molar-refractivity contribution in [2.75, 3.05) is 44.9 Å². The number of carbonyl (C=O) groups excluding carboxylic acids is 1. The number of hydrogen-bond donors (Lipinski definition) is 2. The van der Waals surface area contributed by atoms with Crippen LogP contribution < -0.4 is 15.0 Å². The molecule has 186 valence electrons. The summed E-state index contributed by atoms with van der Waals surface area (Å²) in [5.74, 6) is 1.26. The average molecular weight is 479 g/mol. The molecule has 0 saturated carbocycles. The summed E-state index contributed by atoms with van der Waals surface area (Å²) in [6, 6.07) is 4.49. The Morgan fingerprint density at radius 1 is 1.29 bits per heavy atom. The standard InChI is InChI=1S/C26H34N6O3/c1-17(33)31-9-6-23(29-20-7-10-35-16-20)22(15-31)26(27)32-8-4-5-18-11-21(19-13-28-30(2)14-19)25(34-3)12-24(18)32/h11-14,20,27,29H,4-10,15-16H2,1-3H3. The first kappa shape index (κ1) is 23.4. The highest BCUT2D eigenvalue weighted by atomic mass is 16.5. The lowest BCUT2D eigenvalue weighted by molar-refractivity contribution is -0.128. The number of hydrogen-bond acceptors (Lipinski definition) is 6. The van der Waals surface area contributed by atoms with Crippen molar-refractivity contribution in [2.45, 2.75) is 38.6 Å². The maximum atomic E-state index is 12.2. The van der Waals surface area contributed by atoms with E-state index in [-0.39, 0.29) is 11.9 Å². The van der Waals surface area contributed by atoms with Gasteiger partial charge in [-0.05, 0) is 30.9 Å². The topological polar surface area (TPSA) is 95.7 Å². The summed E-state index contributed by atoms with van der Waals surface area (Å²) >= 11 is 0. The van der Waals surface area contributed by atoms with E-state index < -0.39 is 0 Å². The van der Waals surface area contributed by atoms with Crippen molar-refractivity contribution in [1.82, 2.24) is 20.0 Å². The fourth-order valence-electron chi connectivity index (χ4n) is 5.27. The molecule has 3 aliphatic rings. The zero-order valence-corrected chi connectivity index (χ0v) is 20.8. The first-order valence-corrected chi connectivity index (χ1v) is 12.3. The van der Waals surface area contributed by atoms with Gasteiger partial charge in [0, 0.05) is 80.4 Å². The van der Waals surface area contributed by atoms with Gasteiger partial charge >= 0.3 is 0 Å². The van der Waals surface area contributed by atoms with Crippen LogP contribution in [0.4, 0.5) is 5.69 Å². The highest BCUT2D eigenvalue weighted by Crippen LogP contribution is 2.39. The Morgan fingerprint density at radius 3 is 2.83 bits per heavy atom. The van der Waals surface area contributed by atoms with Crippen molar-refractivity contribution in [2.24, 2.45) is 7.05 Å². The molecule has 1 aromatic carbocycles. The van der Waals surface area contributed by atoms with E-state index >= 15 is 0 Å². The summed E-state index contributed by atoms with van der Waals surface area (Å²) in [7, 11) is 3.59. The monoisotopic (exact) mass is 478 g/mol. The van der Waals surface area contributed by atoms with Crippen LogP contribution in [0, 0.1) is 5.41 Å². The molecule has 1 saturated heterocycles. The minimum Gasteiger partial charge on any atom is -0.496 e. The van der Waals surface area contributed by atoms with Gasteiger partial charge in [0.25, 0.3) is 0 Å². The quantitative estimate of drug-likeness (QED) is 0.507. The van der Waals surface area contributed by atoms with Gasteiger partial charge in [0.05, 0.1) is 32.5 Å². The second-order valence-electron chi connectivity index (χ2n) is 9.54. The maximum Gasteiger partial charge on any atom is 0.219 e. The second-order valence-corrected chi connectivity index (χ2v) is 9.54. The van der Waals surface area contributed by atoms with Gasteiger partial charge in [0.15, 0.2) is 0 Å². The molecule has 3 aliphatic heterocycles. The summed E-state index contributed by atoms with van der Waals surface area (Å²) in [4.78, 5) is 16.1. The van der Waals surface area contributed by atoms with Crippen LogP contribution in [0.25, 0.3) is 11.1 Å². The van der Waals surface area contributed by atoms with Gasteiger partial charge in [-0.15, -0.1) is 0 Å². The predicted octanol–water partition coefficient (Wildman–Crippen LogP) is 2.71. The largest absolute Gasteiger partial charge is 0.496 e. The number of aryl methyl sites for hydroxylation is 2. The molecule has 1 fully saturated rings. The third-order valence-corrected chi connectivity index (χ3v) is 7.19. The molecular weight excluding hydrogens is 444 g/mol. The van der Waals surface area contributed by atoms with E-state index in [9.17, 15) is 10.2 Å². The van der Waals surface area contributed by atoms with Crippen molar-refractivity contribution in [3.05, 3.63) is 41.4 Å². The first-order chi connectivity index (χ1) is 16.9. The lowest BCUT2D eigenvalue weighted by atomic mass is 9.94. The van der Waals surface area contributed by atoms with Crippen LogP contribution in [0.15, 0.2) is 35.8 Å². The third-order valence-electron chi connectivity index (χ3n) is 7.19.